The fraction of sp³-hybridized carbons (Fsp3) is 0.896. The number of amides is 1. The number of hydrogen-bond donors (Lipinski definition) is 4. The number of carbonyl (C=O) groups excluding carboxylic acids is 1. The van der Waals surface area contributed by atoms with E-state index in [0.29, 0.717) is 6.42 Å². The Morgan fingerprint density at radius 3 is 1.15 bits per heavy atom. The maximum Gasteiger partial charge on any atom is 0.249 e. The highest BCUT2D eigenvalue weighted by Gasteiger charge is 2.22. The molecule has 0 rings (SSSR count). The Labute approximate surface area is 331 Å². The molecule has 0 fully saturated rings. The lowest BCUT2D eigenvalue weighted by atomic mass is 10.0. The zero-order valence-electron chi connectivity index (χ0n) is 35.7. The number of carbonyl (C=O) groups is 1. The van der Waals surface area contributed by atoms with Crippen LogP contribution in [0.5, 0.6) is 0 Å². The van der Waals surface area contributed by atoms with Gasteiger partial charge in [0.25, 0.3) is 0 Å². The second-order valence-electron chi connectivity index (χ2n) is 16.3. The summed E-state index contributed by atoms with van der Waals surface area (Å²) in [6.07, 6.45) is 54.0. The Kier molecular flexibility index (Phi) is 42.6. The van der Waals surface area contributed by atoms with Gasteiger partial charge in [-0.1, -0.05) is 244 Å². The molecule has 1 amide bonds. The van der Waals surface area contributed by atoms with Crippen LogP contribution < -0.4 is 5.32 Å². The van der Waals surface area contributed by atoms with Gasteiger partial charge in [0.15, 0.2) is 0 Å². The predicted octanol–water partition coefficient (Wildman–Crippen LogP) is 13.8. The van der Waals surface area contributed by atoms with Crippen LogP contribution in [0.4, 0.5) is 0 Å². The highest BCUT2D eigenvalue weighted by Crippen LogP contribution is 2.17. The number of rotatable bonds is 43. The van der Waals surface area contributed by atoms with Gasteiger partial charge in [-0.05, 0) is 32.1 Å². The molecule has 0 saturated carbocycles. The first kappa shape index (κ1) is 51.8. The van der Waals surface area contributed by atoms with Crippen molar-refractivity contribution >= 4 is 5.91 Å². The van der Waals surface area contributed by atoms with Crippen LogP contribution in [0.3, 0.4) is 0 Å². The molecule has 0 radical (unpaired) electrons. The van der Waals surface area contributed by atoms with Crippen molar-refractivity contribution in [1.82, 2.24) is 5.32 Å². The van der Waals surface area contributed by atoms with Crippen molar-refractivity contribution in [3.05, 3.63) is 24.3 Å². The van der Waals surface area contributed by atoms with Gasteiger partial charge >= 0.3 is 0 Å². The largest absolute Gasteiger partial charge is 0.394 e. The average molecular weight is 748 g/mol. The number of aliphatic hydroxyl groups excluding tert-OH is 3. The van der Waals surface area contributed by atoms with E-state index in [1.54, 1.807) is 6.08 Å². The van der Waals surface area contributed by atoms with Crippen LogP contribution in [0, 0.1) is 0 Å². The van der Waals surface area contributed by atoms with Crippen molar-refractivity contribution in [2.75, 3.05) is 6.61 Å². The Morgan fingerprint density at radius 2 is 0.774 bits per heavy atom. The predicted molar refractivity (Wildman–Crippen MR) is 231 cm³/mol. The van der Waals surface area contributed by atoms with Crippen LogP contribution in [-0.4, -0.2) is 46.1 Å². The number of hydrogen-bond acceptors (Lipinski definition) is 4. The zero-order chi connectivity index (χ0) is 38.7. The molecule has 0 bridgehead atoms. The van der Waals surface area contributed by atoms with Crippen molar-refractivity contribution in [1.29, 1.82) is 0 Å². The molecule has 0 aromatic carbocycles. The normalized spacial score (nSPS) is 13.7. The fourth-order valence-electron chi connectivity index (χ4n) is 7.32. The third kappa shape index (κ3) is 38.9. The van der Waals surface area contributed by atoms with Gasteiger partial charge in [0.1, 0.15) is 6.10 Å². The summed E-state index contributed by atoms with van der Waals surface area (Å²) in [4.78, 5) is 12.4. The quantitative estimate of drug-likeness (QED) is 0.0369. The van der Waals surface area contributed by atoms with Gasteiger partial charge in [0.05, 0.1) is 18.8 Å². The molecule has 0 aromatic heterocycles. The number of unbranched alkanes of at least 4 members (excludes halogenated alkanes) is 33. The first-order chi connectivity index (χ1) is 26.1. The first-order valence-corrected chi connectivity index (χ1v) is 23.7. The lowest BCUT2D eigenvalue weighted by molar-refractivity contribution is -0.131. The number of nitrogens with one attached hydrogen (secondary N) is 1. The van der Waals surface area contributed by atoms with E-state index in [0.717, 1.165) is 38.5 Å². The minimum absolute atomic E-state index is 0.374. The van der Waals surface area contributed by atoms with E-state index >= 15 is 0 Å². The Hall–Kier alpha value is -1.17. The Bertz CT molecular complexity index is 784. The molecule has 0 aromatic rings. The summed E-state index contributed by atoms with van der Waals surface area (Å²) in [5.74, 6) is -0.512. The molecule has 0 spiro atoms. The molecule has 3 unspecified atom stereocenters. The fourth-order valence-corrected chi connectivity index (χ4v) is 7.32. The standard InChI is InChI=1S/C48H93NO4/c1-3-5-7-9-11-13-14-15-16-17-18-19-20-21-22-23-24-25-26-27-28-29-30-31-32-33-35-37-39-41-43-47(52)48(53)49-45(44-50)46(51)42-40-38-36-34-12-10-8-6-4-2/h12,34,40,42,45-47,50-52H,3-11,13-33,35-39,41,43-44H2,1-2H3,(H,49,53)/b34-12+,42-40+. The lowest BCUT2D eigenvalue weighted by Crippen LogP contribution is -2.48. The monoisotopic (exact) mass is 748 g/mol. The molecule has 0 aliphatic carbocycles. The van der Waals surface area contributed by atoms with E-state index in [9.17, 15) is 20.1 Å². The molecular formula is C48H93NO4. The molecule has 0 heterocycles. The molecule has 53 heavy (non-hydrogen) atoms. The number of aliphatic hydroxyl groups is 3. The summed E-state index contributed by atoms with van der Waals surface area (Å²) in [6, 6.07) is -0.809. The van der Waals surface area contributed by atoms with Gasteiger partial charge in [-0.15, -0.1) is 0 Å². The Morgan fingerprint density at radius 1 is 0.453 bits per heavy atom. The van der Waals surface area contributed by atoms with E-state index in [2.05, 4.69) is 31.3 Å². The van der Waals surface area contributed by atoms with Crippen LogP contribution in [0.15, 0.2) is 24.3 Å². The van der Waals surface area contributed by atoms with Crippen molar-refractivity contribution in [2.45, 2.75) is 270 Å². The van der Waals surface area contributed by atoms with Crippen LogP contribution in [0.2, 0.25) is 0 Å². The maximum atomic E-state index is 12.4. The molecule has 4 N–H and O–H groups in total. The SMILES string of the molecule is CCCCC/C=C/CC/C=C/C(O)C(CO)NC(=O)C(O)CCCCCCCCCCCCCCCCCCCCCCCCCCCCCCCC. The smallest absolute Gasteiger partial charge is 0.249 e. The summed E-state index contributed by atoms with van der Waals surface area (Å²) >= 11 is 0. The van der Waals surface area contributed by atoms with E-state index in [1.807, 2.05) is 6.08 Å². The van der Waals surface area contributed by atoms with Crippen LogP contribution >= 0.6 is 0 Å². The summed E-state index contributed by atoms with van der Waals surface area (Å²) in [5, 5.41) is 32.9. The van der Waals surface area contributed by atoms with Gasteiger partial charge in [-0.2, -0.15) is 0 Å². The molecule has 5 nitrogen and oxygen atoms in total. The van der Waals surface area contributed by atoms with Gasteiger partial charge < -0.3 is 20.6 Å². The van der Waals surface area contributed by atoms with Crippen molar-refractivity contribution < 1.29 is 20.1 Å². The Balaban J connectivity index is 3.47. The summed E-state index contributed by atoms with van der Waals surface area (Å²) in [6.45, 7) is 4.13. The van der Waals surface area contributed by atoms with E-state index < -0.39 is 24.2 Å². The van der Waals surface area contributed by atoms with Crippen LogP contribution in [0.25, 0.3) is 0 Å². The van der Waals surface area contributed by atoms with E-state index in [4.69, 9.17) is 0 Å². The van der Waals surface area contributed by atoms with Gasteiger partial charge in [-0.3, -0.25) is 4.79 Å². The third-order valence-electron chi connectivity index (χ3n) is 11.0. The van der Waals surface area contributed by atoms with Gasteiger partial charge in [0, 0.05) is 0 Å². The van der Waals surface area contributed by atoms with Crippen LogP contribution in [-0.2, 0) is 4.79 Å². The van der Waals surface area contributed by atoms with E-state index in [1.165, 1.54) is 193 Å². The molecule has 0 aliphatic rings. The zero-order valence-corrected chi connectivity index (χ0v) is 35.7. The van der Waals surface area contributed by atoms with Gasteiger partial charge in [0.2, 0.25) is 5.91 Å². The number of allylic oxidation sites excluding steroid dienone is 3. The molecule has 0 saturated heterocycles. The highest BCUT2D eigenvalue weighted by atomic mass is 16.3. The maximum absolute atomic E-state index is 12.4. The summed E-state index contributed by atoms with van der Waals surface area (Å²) < 4.78 is 0. The molecular weight excluding hydrogens is 655 g/mol. The second-order valence-corrected chi connectivity index (χ2v) is 16.3. The molecule has 314 valence electrons. The van der Waals surface area contributed by atoms with Crippen molar-refractivity contribution in [3.63, 3.8) is 0 Å². The third-order valence-corrected chi connectivity index (χ3v) is 11.0. The minimum Gasteiger partial charge on any atom is -0.394 e. The lowest BCUT2D eigenvalue weighted by Gasteiger charge is -2.21. The molecule has 3 atom stereocenters. The minimum atomic E-state index is -1.10. The van der Waals surface area contributed by atoms with Crippen molar-refractivity contribution in [3.8, 4) is 0 Å². The first-order valence-electron chi connectivity index (χ1n) is 23.7. The van der Waals surface area contributed by atoms with Crippen molar-refractivity contribution in [2.24, 2.45) is 0 Å². The van der Waals surface area contributed by atoms with Crippen LogP contribution in [0.1, 0.15) is 251 Å². The average Bonchev–Trinajstić information content (AvgIpc) is 3.16. The molecule has 5 heteroatoms. The second kappa shape index (κ2) is 43.6. The van der Waals surface area contributed by atoms with Gasteiger partial charge in [-0.25, -0.2) is 0 Å². The molecule has 0 aliphatic heterocycles. The van der Waals surface area contributed by atoms with E-state index in [-0.39, 0.29) is 6.61 Å². The summed E-state index contributed by atoms with van der Waals surface area (Å²) in [7, 11) is 0. The summed E-state index contributed by atoms with van der Waals surface area (Å²) in [5.41, 5.74) is 0. The highest BCUT2D eigenvalue weighted by molar-refractivity contribution is 5.80. The topological polar surface area (TPSA) is 89.8 Å².